The number of hydrogen-bond donors (Lipinski definition) is 0. The highest BCUT2D eigenvalue weighted by molar-refractivity contribution is 9.10. The van der Waals surface area contributed by atoms with Gasteiger partial charge in [-0.15, -0.1) is 0 Å². The van der Waals surface area contributed by atoms with Crippen LogP contribution in [-0.4, -0.2) is 23.7 Å². The molecule has 0 aliphatic rings. The lowest BCUT2D eigenvalue weighted by atomic mass is 10.2. The first-order valence-electron chi connectivity index (χ1n) is 10.7. The van der Waals surface area contributed by atoms with Gasteiger partial charge >= 0.3 is 0 Å². The van der Waals surface area contributed by atoms with Gasteiger partial charge in [0.1, 0.15) is 17.6 Å². The minimum atomic E-state index is -0.396. The maximum absolute atomic E-state index is 13.5. The van der Waals surface area contributed by atoms with Crippen molar-refractivity contribution in [3.63, 3.8) is 0 Å². The third-order valence-electron chi connectivity index (χ3n) is 5.14. The van der Waals surface area contributed by atoms with Gasteiger partial charge in [0, 0.05) is 10.0 Å². The molecule has 5 aromatic rings. The lowest BCUT2D eigenvalue weighted by molar-refractivity contribution is 0.0988. The Bertz CT molecular complexity index is 1630. The summed E-state index contributed by atoms with van der Waals surface area (Å²) in [6.45, 7) is 2.42. The third-order valence-corrected chi connectivity index (χ3v) is 6.63. The monoisotopic (exact) mass is 547 g/mol. The maximum atomic E-state index is 13.5. The van der Waals surface area contributed by atoms with Crippen LogP contribution in [0, 0.1) is 0 Å². The molecule has 0 aliphatic heterocycles. The zero-order chi connectivity index (χ0) is 24.4. The fraction of sp³-hybridized carbons (Fsp3) is 0.0769. The summed E-state index contributed by atoms with van der Waals surface area (Å²) in [5.74, 6) is 0.269. The molecule has 3 aromatic carbocycles. The fourth-order valence-corrected chi connectivity index (χ4v) is 4.92. The smallest absolute Gasteiger partial charge is 0.280 e. The van der Waals surface area contributed by atoms with E-state index in [0.717, 1.165) is 14.7 Å². The third kappa shape index (κ3) is 4.73. The first-order valence-corrected chi connectivity index (χ1v) is 12.3. The van der Waals surface area contributed by atoms with Crippen LogP contribution < -0.4 is 15.2 Å². The zero-order valence-electron chi connectivity index (χ0n) is 18.5. The molecule has 0 saturated heterocycles. The molecule has 7 nitrogen and oxygen atoms in total. The first kappa shape index (κ1) is 22.9. The molecule has 0 N–H and O–H groups in total. The molecule has 0 saturated carbocycles. The van der Waals surface area contributed by atoms with Gasteiger partial charge in [0.05, 0.1) is 34.0 Å². The molecule has 2 heterocycles. The van der Waals surface area contributed by atoms with Gasteiger partial charge in [0.2, 0.25) is 10.6 Å². The lowest BCUT2D eigenvalue weighted by Gasteiger charge is -2.14. The summed E-state index contributed by atoms with van der Waals surface area (Å²) in [5, 5.41) is 6.39. The number of nitrogens with zero attached hydrogens (tertiary/aromatic N) is 3. The number of ether oxygens (including phenoxy) is 1. The molecule has 0 bridgehead atoms. The number of amides is 1. The van der Waals surface area contributed by atoms with Crippen molar-refractivity contribution in [1.29, 1.82) is 0 Å². The minimum absolute atomic E-state index is 0.219. The van der Waals surface area contributed by atoms with Crippen molar-refractivity contribution in [2.45, 2.75) is 6.92 Å². The van der Waals surface area contributed by atoms with Gasteiger partial charge < -0.3 is 9.15 Å². The quantitative estimate of drug-likeness (QED) is 0.185. The Hall–Kier alpha value is -3.82. The normalized spacial score (nSPS) is 11.4. The van der Waals surface area contributed by atoms with Crippen molar-refractivity contribution in [3.05, 3.63) is 98.8 Å². The molecule has 0 spiro atoms. The molecule has 174 valence electrons. The van der Waals surface area contributed by atoms with Crippen molar-refractivity contribution in [2.24, 2.45) is 5.10 Å². The zero-order valence-corrected chi connectivity index (χ0v) is 20.9. The Morgan fingerprint density at radius 3 is 2.77 bits per heavy atom. The van der Waals surface area contributed by atoms with E-state index in [1.807, 2.05) is 25.1 Å². The van der Waals surface area contributed by atoms with E-state index in [2.05, 4.69) is 26.0 Å². The number of rotatable bonds is 6. The van der Waals surface area contributed by atoms with Crippen LogP contribution in [0.3, 0.4) is 0 Å². The first-order chi connectivity index (χ1) is 17.0. The van der Waals surface area contributed by atoms with Crippen LogP contribution in [0.25, 0.3) is 21.2 Å². The van der Waals surface area contributed by atoms with E-state index in [1.54, 1.807) is 48.5 Å². The van der Waals surface area contributed by atoms with Crippen molar-refractivity contribution in [1.82, 2.24) is 4.98 Å². The number of benzene rings is 3. The molecular weight excluding hydrogens is 530 g/mol. The molecular formula is C26H18BrN3O4S. The van der Waals surface area contributed by atoms with Crippen LogP contribution in [0.1, 0.15) is 22.8 Å². The molecule has 5 rings (SSSR count). The molecule has 2 aromatic heterocycles. The second kappa shape index (κ2) is 9.81. The molecule has 0 atom stereocenters. The topological polar surface area (TPSA) is 85.0 Å². The Morgan fingerprint density at radius 1 is 1.17 bits per heavy atom. The minimum Gasteiger partial charge on any atom is -0.494 e. The standard InChI is InChI=1S/C26H18BrN3O4S/c1-2-33-19-10-7-16(8-11-19)25(32)30(26-29-21-12-9-18(27)13-23(21)35-26)28-14-17-15-34-22-6-4-3-5-20(22)24(17)31/h3-15H,2H2,1H3/b28-14+. The summed E-state index contributed by atoms with van der Waals surface area (Å²) in [6, 6.07) is 19.4. The Labute approximate surface area is 212 Å². The van der Waals surface area contributed by atoms with E-state index in [9.17, 15) is 9.59 Å². The van der Waals surface area contributed by atoms with Crippen LogP contribution >= 0.6 is 27.3 Å². The number of halogens is 1. The number of hydrogen-bond acceptors (Lipinski definition) is 7. The van der Waals surface area contributed by atoms with Gasteiger partial charge in [-0.2, -0.15) is 10.1 Å². The van der Waals surface area contributed by atoms with E-state index in [1.165, 1.54) is 28.8 Å². The predicted molar refractivity (Wildman–Crippen MR) is 142 cm³/mol. The second-order valence-corrected chi connectivity index (χ2v) is 9.37. The second-order valence-electron chi connectivity index (χ2n) is 7.44. The van der Waals surface area contributed by atoms with Crippen molar-refractivity contribution in [3.8, 4) is 5.75 Å². The van der Waals surface area contributed by atoms with Gasteiger partial charge in [0.25, 0.3) is 5.91 Å². The van der Waals surface area contributed by atoms with E-state index in [-0.39, 0.29) is 11.0 Å². The average Bonchev–Trinajstić information content (AvgIpc) is 3.29. The Kier molecular flexibility index (Phi) is 6.43. The molecule has 1 amide bonds. The molecule has 0 radical (unpaired) electrons. The van der Waals surface area contributed by atoms with Crippen molar-refractivity contribution < 1.29 is 13.9 Å². The number of aromatic nitrogens is 1. The predicted octanol–water partition coefficient (Wildman–Crippen LogP) is 6.24. The summed E-state index contributed by atoms with van der Waals surface area (Å²) in [5.41, 5.74) is 1.60. The van der Waals surface area contributed by atoms with Crippen LogP contribution in [0.4, 0.5) is 5.13 Å². The van der Waals surface area contributed by atoms with Crippen LogP contribution in [0.5, 0.6) is 5.75 Å². The summed E-state index contributed by atoms with van der Waals surface area (Å²) >= 11 is 4.78. The number of carbonyl (C=O) groups excluding carboxylic acids is 1. The summed E-state index contributed by atoms with van der Waals surface area (Å²) < 4.78 is 12.8. The highest BCUT2D eigenvalue weighted by Gasteiger charge is 2.21. The van der Waals surface area contributed by atoms with Crippen LogP contribution in [0.15, 0.2) is 91.8 Å². The summed E-state index contributed by atoms with van der Waals surface area (Å²) in [7, 11) is 0. The fourth-order valence-electron chi connectivity index (χ4n) is 3.45. The number of para-hydroxylation sites is 1. The van der Waals surface area contributed by atoms with E-state index in [4.69, 9.17) is 9.15 Å². The van der Waals surface area contributed by atoms with Gasteiger partial charge in [-0.1, -0.05) is 39.4 Å². The summed E-state index contributed by atoms with van der Waals surface area (Å²) in [6.07, 6.45) is 2.66. The Balaban J connectivity index is 1.57. The molecule has 0 unspecified atom stereocenters. The molecule has 9 heteroatoms. The highest BCUT2D eigenvalue weighted by atomic mass is 79.9. The molecule has 35 heavy (non-hydrogen) atoms. The number of anilines is 1. The molecule has 0 aliphatic carbocycles. The number of carbonyl (C=O) groups is 1. The number of fused-ring (bicyclic) bond motifs is 2. The SMILES string of the molecule is CCOc1ccc(C(=O)N(/N=C/c2coc3ccccc3c2=O)c2nc3ccc(Br)cc3s2)cc1. The van der Waals surface area contributed by atoms with Gasteiger partial charge in [-0.05, 0) is 61.5 Å². The van der Waals surface area contributed by atoms with E-state index >= 15 is 0 Å². The van der Waals surface area contributed by atoms with Crippen molar-refractivity contribution >= 4 is 65.7 Å². The molecule has 0 fully saturated rings. The number of thiazole rings is 1. The Morgan fingerprint density at radius 2 is 1.97 bits per heavy atom. The van der Waals surface area contributed by atoms with Gasteiger partial charge in [-0.3, -0.25) is 9.59 Å². The largest absolute Gasteiger partial charge is 0.494 e. The van der Waals surface area contributed by atoms with Gasteiger partial charge in [0.15, 0.2) is 0 Å². The maximum Gasteiger partial charge on any atom is 0.280 e. The van der Waals surface area contributed by atoms with Crippen LogP contribution in [-0.2, 0) is 0 Å². The van der Waals surface area contributed by atoms with E-state index in [0.29, 0.717) is 34.0 Å². The highest BCUT2D eigenvalue weighted by Crippen LogP contribution is 2.32. The summed E-state index contributed by atoms with van der Waals surface area (Å²) in [4.78, 5) is 31.0. The van der Waals surface area contributed by atoms with Gasteiger partial charge in [-0.25, -0.2) is 4.98 Å². The van der Waals surface area contributed by atoms with Crippen molar-refractivity contribution in [2.75, 3.05) is 11.6 Å². The van der Waals surface area contributed by atoms with E-state index < -0.39 is 5.91 Å². The van der Waals surface area contributed by atoms with Crippen LogP contribution in [0.2, 0.25) is 0 Å². The average molecular weight is 548 g/mol. The number of hydrazone groups is 1. The lowest BCUT2D eigenvalue weighted by Crippen LogP contribution is -2.26.